The summed E-state index contributed by atoms with van der Waals surface area (Å²) >= 11 is 3.35. The maximum absolute atomic E-state index is 11.9. The molecule has 6 nitrogen and oxygen atoms in total. The molecule has 2 heterocycles. The molecule has 0 unspecified atom stereocenters. The zero-order valence-electron chi connectivity index (χ0n) is 10.2. The summed E-state index contributed by atoms with van der Waals surface area (Å²) in [5.74, 6) is 1.26. The van der Waals surface area contributed by atoms with Gasteiger partial charge in [0.15, 0.2) is 0 Å². The molecule has 0 bridgehead atoms. The molecule has 98 valence electrons. The lowest BCUT2D eigenvalue weighted by molar-refractivity contribution is -0.128. The third kappa shape index (κ3) is 3.10. The predicted octanol–water partition coefficient (Wildman–Crippen LogP) is 1.32. The second-order valence-electron chi connectivity index (χ2n) is 4.08. The van der Waals surface area contributed by atoms with Gasteiger partial charge in [-0.3, -0.25) is 4.79 Å². The number of amides is 1. The van der Waals surface area contributed by atoms with E-state index < -0.39 is 0 Å². The number of hydrogen-bond acceptors (Lipinski definition) is 5. The Kier molecular flexibility index (Phi) is 4.35. The molecule has 7 heteroatoms. The van der Waals surface area contributed by atoms with E-state index in [0.717, 1.165) is 30.4 Å². The summed E-state index contributed by atoms with van der Waals surface area (Å²) in [5.41, 5.74) is 0. The number of nitrogens with one attached hydrogen (secondary N) is 2. The number of carbonyl (C=O) groups excluding carboxylic acids is 1. The quantitative estimate of drug-likeness (QED) is 0.877. The Morgan fingerprint density at radius 3 is 2.89 bits per heavy atom. The Morgan fingerprint density at radius 1 is 1.50 bits per heavy atom. The molecule has 1 aliphatic rings. The van der Waals surface area contributed by atoms with Gasteiger partial charge in [0.05, 0.1) is 11.0 Å². The van der Waals surface area contributed by atoms with Crippen molar-refractivity contribution in [3.8, 4) is 0 Å². The van der Waals surface area contributed by atoms with Crippen molar-refractivity contribution >= 4 is 33.6 Å². The molecular formula is C11H16BrN5O. The highest BCUT2D eigenvalue weighted by Crippen LogP contribution is 2.19. The molecule has 1 amide bonds. The first kappa shape index (κ1) is 13.1. The lowest BCUT2D eigenvalue weighted by atomic mass is 10.4. The number of aromatic nitrogens is 2. The minimum absolute atomic E-state index is 0.115. The van der Waals surface area contributed by atoms with Crippen molar-refractivity contribution in [2.75, 3.05) is 37.3 Å². The lowest BCUT2D eigenvalue weighted by Gasteiger charge is -2.16. The third-order valence-corrected chi connectivity index (χ3v) is 3.41. The van der Waals surface area contributed by atoms with Crippen LogP contribution in [-0.2, 0) is 4.79 Å². The normalized spacial score (nSPS) is 14.7. The van der Waals surface area contributed by atoms with Crippen molar-refractivity contribution in [1.29, 1.82) is 0 Å². The Bertz CT molecular complexity index is 433. The molecule has 1 saturated heterocycles. The monoisotopic (exact) mass is 313 g/mol. The number of nitrogens with zero attached hydrogens (tertiary/aromatic N) is 3. The Labute approximate surface area is 114 Å². The van der Waals surface area contributed by atoms with Crippen molar-refractivity contribution in [1.82, 2.24) is 14.9 Å². The molecule has 18 heavy (non-hydrogen) atoms. The topological polar surface area (TPSA) is 70.2 Å². The summed E-state index contributed by atoms with van der Waals surface area (Å²) < 4.78 is 0.746. The molecule has 0 atom stereocenters. The standard InChI is InChI=1S/C11H16BrN5O/c1-13-11-15-6-8(12)10(16-11)14-7-9(18)17-4-2-3-5-17/h6H,2-5,7H2,1H3,(H2,13,14,15,16). The molecule has 2 N–H and O–H groups in total. The molecule has 0 saturated carbocycles. The van der Waals surface area contributed by atoms with Crippen LogP contribution in [-0.4, -0.2) is 47.5 Å². The van der Waals surface area contributed by atoms with Crippen LogP contribution in [0.15, 0.2) is 10.7 Å². The summed E-state index contributed by atoms with van der Waals surface area (Å²) in [4.78, 5) is 22.0. The van der Waals surface area contributed by atoms with E-state index in [1.165, 1.54) is 0 Å². The fourth-order valence-corrected chi connectivity index (χ4v) is 2.18. The highest BCUT2D eigenvalue weighted by atomic mass is 79.9. The zero-order chi connectivity index (χ0) is 13.0. The zero-order valence-corrected chi connectivity index (χ0v) is 11.8. The Hall–Kier alpha value is -1.37. The van der Waals surface area contributed by atoms with Gasteiger partial charge in [-0.25, -0.2) is 4.98 Å². The molecule has 1 aliphatic heterocycles. The number of hydrogen-bond donors (Lipinski definition) is 2. The van der Waals surface area contributed by atoms with Gasteiger partial charge in [0.1, 0.15) is 5.82 Å². The van der Waals surface area contributed by atoms with E-state index >= 15 is 0 Å². The van der Waals surface area contributed by atoms with E-state index in [1.807, 2.05) is 4.90 Å². The van der Waals surface area contributed by atoms with Crippen LogP contribution in [0.5, 0.6) is 0 Å². The van der Waals surface area contributed by atoms with Crippen LogP contribution in [0, 0.1) is 0 Å². The minimum Gasteiger partial charge on any atom is -0.360 e. The molecule has 0 radical (unpaired) electrons. The number of halogens is 1. The van der Waals surface area contributed by atoms with Crippen molar-refractivity contribution in [2.45, 2.75) is 12.8 Å². The van der Waals surface area contributed by atoms with Crippen molar-refractivity contribution in [3.05, 3.63) is 10.7 Å². The third-order valence-electron chi connectivity index (χ3n) is 2.83. The second kappa shape index (κ2) is 5.99. The van der Waals surface area contributed by atoms with Gasteiger partial charge in [-0.05, 0) is 28.8 Å². The van der Waals surface area contributed by atoms with E-state index in [0.29, 0.717) is 11.8 Å². The van der Waals surface area contributed by atoms with Crippen LogP contribution < -0.4 is 10.6 Å². The molecule has 1 aromatic rings. The van der Waals surface area contributed by atoms with E-state index in [4.69, 9.17) is 0 Å². The summed E-state index contributed by atoms with van der Waals surface area (Å²) in [6.07, 6.45) is 3.86. The lowest BCUT2D eigenvalue weighted by Crippen LogP contribution is -2.33. The van der Waals surface area contributed by atoms with Crippen molar-refractivity contribution in [3.63, 3.8) is 0 Å². The van der Waals surface area contributed by atoms with E-state index in [2.05, 4.69) is 36.5 Å². The fraction of sp³-hybridized carbons (Fsp3) is 0.545. The second-order valence-corrected chi connectivity index (χ2v) is 4.94. The minimum atomic E-state index is 0.115. The molecule has 0 spiro atoms. The van der Waals surface area contributed by atoms with Gasteiger partial charge in [-0.15, -0.1) is 0 Å². The van der Waals surface area contributed by atoms with Crippen LogP contribution in [0.1, 0.15) is 12.8 Å². The maximum atomic E-state index is 11.9. The van der Waals surface area contributed by atoms with Crippen LogP contribution in [0.2, 0.25) is 0 Å². The number of anilines is 2. The molecular weight excluding hydrogens is 298 g/mol. The highest BCUT2D eigenvalue weighted by Gasteiger charge is 2.17. The van der Waals surface area contributed by atoms with Gasteiger partial charge < -0.3 is 15.5 Å². The maximum Gasteiger partial charge on any atom is 0.241 e. The van der Waals surface area contributed by atoms with Gasteiger partial charge in [0, 0.05) is 26.3 Å². The fourth-order valence-electron chi connectivity index (χ4n) is 1.85. The summed E-state index contributed by atoms with van der Waals surface area (Å²) in [5, 5.41) is 5.89. The molecule has 1 aromatic heterocycles. The van der Waals surface area contributed by atoms with Crippen LogP contribution in [0.25, 0.3) is 0 Å². The van der Waals surface area contributed by atoms with E-state index in [9.17, 15) is 4.79 Å². The molecule has 0 aliphatic carbocycles. The predicted molar refractivity (Wildman–Crippen MR) is 73.6 cm³/mol. The Balaban J connectivity index is 1.94. The molecule has 0 aromatic carbocycles. The van der Waals surface area contributed by atoms with Gasteiger partial charge in [0.25, 0.3) is 0 Å². The smallest absolute Gasteiger partial charge is 0.241 e. The highest BCUT2D eigenvalue weighted by molar-refractivity contribution is 9.10. The summed E-state index contributed by atoms with van der Waals surface area (Å²) in [6.45, 7) is 2.00. The van der Waals surface area contributed by atoms with Crippen LogP contribution in [0.3, 0.4) is 0 Å². The van der Waals surface area contributed by atoms with Crippen molar-refractivity contribution in [2.24, 2.45) is 0 Å². The number of carbonyl (C=O) groups is 1. The van der Waals surface area contributed by atoms with Gasteiger partial charge in [-0.1, -0.05) is 0 Å². The van der Waals surface area contributed by atoms with Crippen LogP contribution in [0.4, 0.5) is 11.8 Å². The Morgan fingerprint density at radius 2 is 2.22 bits per heavy atom. The largest absolute Gasteiger partial charge is 0.360 e. The summed E-state index contributed by atoms with van der Waals surface area (Å²) in [7, 11) is 1.75. The van der Waals surface area contributed by atoms with Gasteiger partial charge in [-0.2, -0.15) is 4.98 Å². The first-order valence-corrected chi connectivity index (χ1v) is 6.72. The van der Waals surface area contributed by atoms with Crippen molar-refractivity contribution < 1.29 is 4.79 Å². The molecule has 2 rings (SSSR count). The SMILES string of the molecule is CNc1ncc(Br)c(NCC(=O)N2CCCC2)n1. The first-order chi connectivity index (χ1) is 8.70. The summed E-state index contributed by atoms with van der Waals surface area (Å²) in [6, 6.07) is 0. The number of rotatable bonds is 4. The average Bonchev–Trinajstić information content (AvgIpc) is 2.91. The van der Waals surface area contributed by atoms with Crippen LogP contribution >= 0.6 is 15.9 Å². The van der Waals surface area contributed by atoms with E-state index in [1.54, 1.807) is 13.2 Å². The average molecular weight is 314 g/mol. The van der Waals surface area contributed by atoms with E-state index in [-0.39, 0.29) is 12.5 Å². The number of likely N-dealkylation sites (tertiary alicyclic amines) is 1. The first-order valence-electron chi connectivity index (χ1n) is 5.92. The van der Waals surface area contributed by atoms with Gasteiger partial charge >= 0.3 is 0 Å². The van der Waals surface area contributed by atoms with Gasteiger partial charge in [0.2, 0.25) is 11.9 Å². The molecule has 1 fully saturated rings.